The Morgan fingerprint density at radius 3 is 2.64 bits per heavy atom. The smallest absolute Gasteiger partial charge is 0.222 e. The van der Waals surface area contributed by atoms with Gasteiger partial charge < -0.3 is 15.3 Å². The molecule has 1 atom stereocenters. The molecule has 22 heavy (non-hydrogen) atoms. The summed E-state index contributed by atoms with van der Waals surface area (Å²) in [6.07, 6.45) is 4.37. The van der Waals surface area contributed by atoms with Gasteiger partial charge in [-0.25, -0.2) is 9.97 Å². The van der Waals surface area contributed by atoms with Gasteiger partial charge in [-0.2, -0.15) is 0 Å². The van der Waals surface area contributed by atoms with E-state index in [1.807, 2.05) is 4.90 Å². The fraction of sp³-hybridized carbons (Fsp3) is 0.667. The maximum atomic E-state index is 12.1. The van der Waals surface area contributed by atoms with Crippen LogP contribution in [0.2, 0.25) is 0 Å². The summed E-state index contributed by atoms with van der Waals surface area (Å²) in [5, 5.41) is 12.5. The van der Waals surface area contributed by atoms with Crippen LogP contribution in [0.3, 0.4) is 0 Å². The molecule has 2 rings (SSSR count). The molecule has 0 bridgehead atoms. The molecule has 1 saturated heterocycles. The van der Waals surface area contributed by atoms with E-state index in [2.05, 4.69) is 20.2 Å². The lowest BCUT2D eigenvalue weighted by Crippen LogP contribution is -2.50. The molecule has 2 N–H and O–H groups in total. The Morgan fingerprint density at radius 2 is 2.00 bits per heavy atom. The van der Waals surface area contributed by atoms with E-state index in [4.69, 9.17) is 0 Å². The van der Waals surface area contributed by atoms with Crippen molar-refractivity contribution in [3.8, 4) is 0 Å². The third-order valence-corrected chi connectivity index (χ3v) is 3.66. The summed E-state index contributed by atoms with van der Waals surface area (Å²) in [6, 6.07) is 1.77. The molecule has 1 aliphatic heterocycles. The first-order valence-electron chi connectivity index (χ1n) is 7.84. The largest absolute Gasteiger partial charge is 0.392 e. The van der Waals surface area contributed by atoms with E-state index < -0.39 is 0 Å². The van der Waals surface area contributed by atoms with E-state index in [-0.39, 0.29) is 12.0 Å². The summed E-state index contributed by atoms with van der Waals surface area (Å²) in [5.74, 6) is 0.800. The Balaban J connectivity index is 1.60. The Bertz CT molecular complexity index is 447. The standard InChI is InChI=1S/C15H25N5O2/c1-13(21)12-19-8-10-20(11-9-19)14(22)4-2-5-16-15-17-6-3-7-18-15/h3,6-7,13,21H,2,4-5,8-12H2,1H3,(H,16,17,18). The maximum Gasteiger partial charge on any atom is 0.222 e. The zero-order valence-electron chi connectivity index (χ0n) is 13.1. The van der Waals surface area contributed by atoms with Crippen molar-refractivity contribution >= 4 is 11.9 Å². The summed E-state index contributed by atoms with van der Waals surface area (Å²) in [7, 11) is 0. The molecule has 0 spiro atoms. The SMILES string of the molecule is CC(O)CN1CCN(C(=O)CCCNc2ncccn2)CC1. The lowest BCUT2D eigenvalue weighted by Gasteiger charge is -2.35. The van der Waals surface area contributed by atoms with Crippen molar-refractivity contribution in [2.24, 2.45) is 0 Å². The zero-order valence-corrected chi connectivity index (χ0v) is 13.1. The fourth-order valence-electron chi connectivity index (χ4n) is 2.54. The zero-order chi connectivity index (χ0) is 15.8. The molecule has 1 fully saturated rings. The second kappa shape index (κ2) is 8.65. The number of rotatable bonds is 7. The van der Waals surface area contributed by atoms with Gasteiger partial charge in [-0.05, 0) is 19.4 Å². The number of amides is 1. The van der Waals surface area contributed by atoms with Crippen LogP contribution in [0.4, 0.5) is 5.95 Å². The average molecular weight is 307 g/mol. The minimum atomic E-state index is -0.312. The summed E-state index contributed by atoms with van der Waals surface area (Å²) >= 11 is 0. The van der Waals surface area contributed by atoms with Crippen LogP contribution in [0, 0.1) is 0 Å². The highest BCUT2D eigenvalue weighted by Gasteiger charge is 2.21. The molecule has 122 valence electrons. The number of hydrogen-bond donors (Lipinski definition) is 2. The molecule has 2 heterocycles. The molecule has 7 heteroatoms. The van der Waals surface area contributed by atoms with Crippen LogP contribution < -0.4 is 5.32 Å². The lowest BCUT2D eigenvalue weighted by molar-refractivity contribution is -0.133. The molecule has 1 aromatic heterocycles. The third kappa shape index (κ3) is 5.57. The highest BCUT2D eigenvalue weighted by molar-refractivity contribution is 5.76. The van der Waals surface area contributed by atoms with Gasteiger partial charge in [-0.15, -0.1) is 0 Å². The highest BCUT2D eigenvalue weighted by Crippen LogP contribution is 2.06. The highest BCUT2D eigenvalue weighted by atomic mass is 16.3. The van der Waals surface area contributed by atoms with Gasteiger partial charge >= 0.3 is 0 Å². The van der Waals surface area contributed by atoms with E-state index in [1.54, 1.807) is 25.4 Å². The number of carbonyl (C=O) groups is 1. The number of nitrogens with one attached hydrogen (secondary N) is 1. The number of nitrogens with zero attached hydrogens (tertiary/aromatic N) is 4. The lowest BCUT2D eigenvalue weighted by atomic mass is 10.2. The number of β-amino-alcohol motifs (C(OH)–C–C–N with tert-alkyl or cyclic N) is 1. The number of aromatic nitrogens is 2. The van der Waals surface area contributed by atoms with Crippen molar-refractivity contribution in [2.75, 3.05) is 44.6 Å². The van der Waals surface area contributed by atoms with E-state index in [1.165, 1.54) is 0 Å². The van der Waals surface area contributed by atoms with Crippen molar-refractivity contribution in [3.05, 3.63) is 18.5 Å². The van der Waals surface area contributed by atoms with Gasteiger partial charge in [-0.3, -0.25) is 9.69 Å². The van der Waals surface area contributed by atoms with E-state index in [9.17, 15) is 9.90 Å². The normalized spacial score (nSPS) is 17.3. The Kier molecular flexibility index (Phi) is 6.54. The van der Waals surface area contributed by atoms with Crippen molar-refractivity contribution < 1.29 is 9.90 Å². The van der Waals surface area contributed by atoms with Crippen molar-refractivity contribution in [1.82, 2.24) is 19.8 Å². The molecule has 0 radical (unpaired) electrons. The molecule has 1 unspecified atom stereocenters. The van der Waals surface area contributed by atoms with Gasteiger partial charge in [0, 0.05) is 58.1 Å². The average Bonchev–Trinajstić information content (AvgIpc) is 2.52. The summed E-state index contributed by atoms with van der Waals surface area (Å²) in [4.78, 5) is 24.4. The van der Waals surface area contributed by atoms with Crippen LogP contribution in [0.5, 0.6) is 0 Å². The van der Waals surface area contributed by atoms with Gasteiger partial charge in [0.15, 0.2) is 0 Å². The number of carbonyl (C=O) groups excluding carboxylic acids is 1. The first-order valence-corrected chi connectivity index (χ1v) is 7.84. The first kappa shape index (κ1) is 16.6. The Hall–Kier alpha value is -1.73. The van der Waals surface area contributed by atoms with Crippen LogP contribution in [-0.2, 0) is 4.79 Å². The summed E-state index contributed by atoms with van der Waals surface area (Å²) in [5.41, 5.74) is 0. The first-order chi connectivity index (χ1) is 10.6. The van der Waals surface area contributed by atoms with Crippen LogP contribution in [-0.4, -0.2) is 76.2 Å². The summed E-state index contributed by atoms with van der Waals surface area (Å²) in [6.45, 7) is 6.35. The Morgan fingerprint density at radius 1 is 1.32 bits per heavy atom. The van der Waals surface area contributed by atoms with Crippen LogP contribution in [0.25, 0.3) is 0 Å². The topological polar surface area (TPSA) is 81.6 Å². The molecule has 0 saturated carbocycles. The molecule has 0 aromatic carbocycles. The number of aliphatic hydroxyl groups is 1. The second-order valence-electron chi connectivity index (χ2n) is 5.63. The van der Waals surface area contributed by atoms with Crippen molar-refractivity contribution in [2.45, 2.75) is 25.9 Å². The molecular weight excluding hydrogens is 282 g/mol. The Labute approximate surface area is 131 Å². The number of piperazine rings is 1. The molecule has 0 aliphatic carbocycles. The van der Waals surface area contributed by atoms with Crippen molar-refractivity contribution in [3.63, 3.8) is 0 Å². The third-order valence-electron chi connectivity index (χ3n) is 3.66. The van der Waals surface area contributed by atoms with Crippen LogP contribution in [0.1, 0.15) is 19.8 Å². The maximum absolute atomic E-state index is 12.1. The van der Waals surface area contributed by atoms with E-state index in [0.717, 1.165) is 32.6 Å². The summed E-state index contributed by atoms with van der Waals surface area (Å²) < 4.78 is 0. The van der Waals surface area contributed by atoms with Gasteiger partial charge in [0.2, 0.25) is 11.9 Å². The minimum absolute atomic E-state index is 0.201. The number of anilines is 1. The van der Waals surface area contributed by atoms with Gasteiger partial charge in [-0.1, -0.05) is 0 Å². The predicted octanol–water partition coefficient (Wildman–Crippen LogP) is 0.194. The molecule has 1 aromatic rings. The van der Waals surface area contributed by atoms with Gasteiger partial charge in [0.25, 0.3) is 0 Å². The van der Waals surface area contributed by atoms with Crippen LogP contribution >= 0.6 is 0 Å². The predicted molar refractivity (Wildman–Crippen MR) is 84.5 cm³/mol. The molecular formula is C15H25N5O2. The second-order valence-corrected chi connectivity index (χ2v) is 5.63. The molecule has 1 aliphatic rings. The quantitative estimate of drug-likeness (QED) is 0.700. The van der Waals surface area contributed by atoms with Crippen molar-refractivity contribution in [1.29, 1.82) is 0 Å². The van der Waals surface area contributed by atoms with Crippen LogP contribution in [0.15, 0.2) is 18.5 Å². The monoisotopic (exact) mass is 307 g/mol. The minimum Gasteiger partial charge on any atom is -0.392 e. The number of hydrogen-bond acceptors (Lipinski definition) is 6. The number of aliphatic hydroxyl groups excluding tert-OH is 1. The van der Waals surface area contributed by atoms with E-state index in [0.29, 0.717) is 25.5 Å². The fourth-order valence-corrected chi connectivity index (χ4v) is 2.54. The van der Waals surface area contributed by atoms with E-state index >= 15 is 0 Å². The van der Waals surface area contributed by atoms with Gasteiger partial charge in [0.1, 0.15) is 0 Å². The van der Waals surface area contributed by atoms with Gasteiger partial charge in [0.05, 0.1) is 6.10 Å². The molecule has 1 amide bonds. The molecule has 7 nitrogen and oxygen atoms in total.